The van der Waals surface area contributed by atoms with Gasteiger partial charge in [0.25, 0.3) is 5.91 Å². The zero-order valence-electron chi connectivity index (χ0n) is 19.2. The smallest absolute Gasteiger partial charge is 0.251 e. The molecule has 1 heterocycles. The normalized spacial score (nSPS) is 12.6. The average Bonchev–Trinajstić information content (AvgIpc) is 2.73. The number of sulfone groups is 1. The summed E-state index contributed by atoms with van der Waals surface area (Å²) >= 11 is 0. The first-order valence-corrected chi connectivity index (χ1v) is 12.4. The summed E-state index contributed by atoms with van der Waals surface area (Å²) in [5.41, 5.74) is 4.77. The highest BCUT2D eigenvalue weighted by molar-refractivity contribution is 7.91. The van der Waals surface area contributed by atoms with Crippen LogP contribution in [0.5, 0.6) is 0 Å². The second kappa shape index (κ2) is 9.65. The Labute approximate surface area is 190 Å². The van der Waals surface area contributed by atoms with Crippen LogP contribution < -0.4 is 5.32 Å². The number of hydrogen-bond acceptors (Lipinski definition) is 4. The van der Waals surface area contributed by atoms with E-state index in [1.807, 2.05) is 71.0 Å². The Morgan fingerprint density at radius 1 is 0.938 bits per heavy atom. The van der Waals surface area contributed by atoms with Crippen molar-refractivity contribution in [1.29, 1.82) is 0 Å². The number of amides is 1. The van der Waals surface area contributed by atoms with Crippen molar-refractivity contribution in [2.45, 2.75) is 45.6 Å². The van der Waals surface area contributed by atoms with Gasteiger partial charge in [-0.05, 0) is 67.6 Å². The van der Waals surface area contributed by atoms with E-state index >= 15 is 0 Å². The standard InChI is InChI=1S/C26H30N2O3S/c1-17(2)16-32(30,31)25-13-23(21-9-6-18(3)7-10-21)12-24(14-25)26(29)28-20(5)22-11-8-19(4)27-15-22/h6-15,17,20H,16H2,1-5H3,(H,28,29)/t20-/m1/s1. The molecule has 1 amide bonds. The molecule has 168 valence electrons. The molecule has 1 N–H and O–H groups in total. The zero-order valence-corrected chi connectivity index (χ0v) is 20.0. The van der Waals surface area contributed by atoms with E-state index in [1.54, 1.807) is 18.3 Å². The number of hydrogen-bond donors (Lipinski definition) is 1. The van der Waals surface area contributed by atoms with E-state index in [2.05, 4.69) is 10.3 Å². The molecule has 0 aliphatic heterocycles. The van der Waals surface area contributed by atoms with Gasteiger partial charge in [0.2, 0.25) is 0 Å². The van der Waals surface area contributed by atoms with E-state index in [0.717, 1.165) is 22.4 Å². The highest BCUT2D eigenvalue weighted by Crippen LogP contribution is 2.27. The molecule has 0 radical (unpaired) electrons. The van der Waals surface area contributed by atoms with Crippen LogP contribution in [0.15, 0.2) is 65.7 Å². The number of nitrogens with one attached hydrogen (secondary N) is 1. The predicted molar refractivity (Wildman–Crippen MR) is 128 cm³/mol. The molecule has 0 aliphatic rings. The Morgan fingerprint density at radius 3 is 2.22 bits per heavy atom. The quantitative estimate of drug-likeness (QED) is 0.531. The van der Waals surface area contributed by atoms with Crippen molar-refractivity contribution in [3.05, 3.63) is 83.2 Å². The Morgan fingerprint density at radius 2 is 1.62 bits per heavy atom. The van der Waals surface area contributed by atoms with Crippen LogP contribution in [0.2, 0.25) is 0 Å². The SMILES string of the molecule is Cc1ccc(-c2cc(C(=O)N[C@H](C)c3ccc(C)nc3)cc(S(=O)(=O)CC(C)C)c2)cc1. The Balaban J connectivity index is 2.00. The first kappa shape index (κ1) is 23.7. The van der Waals surface area contributed by atoms with E-state index in [9.17, 15) is 13.2 Å². The molecule has 0 unspecified atom stereocenters. The first-order chi connectivity index (χ1) is 15.0. The largest absolute Gasteiger partial charge is 0.345 e. The predicted octanol–water partition coefficient (Wildman–Crippen LogP) is 5.29. The van der Waals surface area contributed by atoms with Gasteiger partial charge in [0.15, 0.2) is 9.84 Å². The molecule has 0 fully saturated rings. The van der Waals surface area contributed by atoms with Crippen LogP contribution in [0.4, 0.5) is 0 Å². The summed E-state index contributed by atoms with van der Waals surface area (Å²) in [6, 6.07) is 16.2. The summed E-state index contributed by atoms with van der Waals surface area (Å²) in [6.45, 7) is 9.51. The van der Waals surface area contributed by atoms with E-state index in [-0.39, 0.29) is 28.5 Å². The number of carbonyl (C=O) groups excluding carboxylic acids is 1. The molecule has 0 aliphatic carbocycles. The van der Waals surface area contributed by atoms with Crippen LogP contribution in [0.1, 0.15) is 54.0 Å². The minimum absolute atomic E-state index is 0.0191. The van der Waals surface area contributed by atoms with Crippen molar-refractivity contribution in [3.8, 4) is 11.1 Å². The molecule has 1 aromatic heterocycles. The number of nitrogens with zero attached hydrogens (tertiary/aromatic N) is 1. The second-order valence-corrected chi connectivity index (χ2v) is 10.7. The summed E-state index contributed by atoms with van der Waals surface area (Å²) in [5.74, 6) is -0.320. The molecule has 0 saturated carbocycles. The molecule has 0 saturated heterocycles. The van der Waals surface area contributed by atoms with Crippen molar-refractivity contribution in [1.82, 2.24) is 10.3 Å². The fraction of sp³-hybridized carbons (Fsp3) is 0.308. The maximum atomic E-state index is 13.1. The molecule has 0 spiro atoms. The Bertz CT molecular complexity index is 1200. The van der Waals surface area contributed by atoms with Crippen LogP contribution in [0, 0.1) is 19.8 Å². The first-order valence-electron chi connectivity index (χ1n) is 10.7. The third-order valence-electron chi connectivity index (χ3n) is 5.25. The lowest BCUT2D eigenvalue weighted by Gasteiger charge is -2.16. The minimum atomic E-state index is -3.53. The number of pyridine rings is 1. The van der Waals surface area contributed by atoms with E-state index in [0.29, 0.717) is 11.1 Å². The second-order valence-electron chi connectivity index (χ2n) is 8.72. The van der Waals surface area contributed by atoms with E-state index in [4.69, 9.17) is 0 Å². The maximum Gasteiger partial charge on any atom is 0.251 e. The molecule has 0 bridgehead atoms. The summed E-state index contributed by atoms with van der Waals surface area (Å²) < 4.78 is 26.0. The number of carbonyl (C=O) groups is 1. The van der Waals surface area contributed by atoms with E-state index < -0.39 is 9.84 Å². The molecule has 3 rings (SSSR count). The van der Waals surface area contributed by atoms with Gasteiger partial charge in [0.05, 0.1) is 16.7 Å². The zero-order chi connectivity index (χ0) is 23.5. The van der Waals surface area contributed by atoms with Gasteiger partial charge in [0, 0.05) is 17.5 Å². The maximum absolute atomic E-state index is 13.1. The number of aryl methyl sites for hydroxylation is 2. The van der Waals surface area contributed by atoms with Crippen LogP contribution in [-0.2, 0) is 9.84 Å². The van der Waals surface area contributed by atoms with Gasteiger partial charge in [-0.1, -0.05) is 49.7 Å². The molecule has 1 atom stereocenters. The molecule has 32 heavy (non-hydrogen) atoms. The fourth-order valence-corrected chi connectivity index (χ4v) is 5.14. The number of rotatable bonds is 7. The number of aromatic nitrogens is 1. The van der Waals surface area contributed by atoms with Gasteiger partial charge in [0.1, 0.15) is 0 Å². The monoisotopic (exact) mass is 450 g/mol. The van der Waals surface area contributed by atoms with Crippen molar-refractivity contribution in [2.75, 3.05) is 5.75 Å². The highest BCUT2D eigenvalue weighted by atomic mass is 32.2. The molecule has 6 heteroatoms. The minimum Gasteiger partial charge on any atom is -0.345 e. The summed E-state index contributed by atoms with van der Waals surface area (Å²) in [5, 5.41) is 2.97. The Kier molecular flexibility index (Phi) is 7.14. The van der Waals surface area contributed by atoms with Crippen LogP contribution in [-0.4, -0.2) is 25.1 Å². The highest BCUT2D eigenvalue weighted by Gasteiger charge is 2.21. The van der Waals surface area contributed by atoms with Crippen molar-refractivity contribution >= 4 is 15.7 Å². The lowest BCUT2D eigenvalue weighted by atomic mass is 10.0. The molecular weight excluding hydrogens is 420 g/mol. The number of benzene rings is 2. The average molecular weight is 451 g/mol. The topological polar surface area (TPSA) is 76.1 Å². The van der Waals surface area contributed by atoms with Gasteiger partial charge in [-0.25, -0.2) is 8.42 Å². The molecule has 5 nitrogen and oxygen atoms in total. The van der Waals surface area contributed by atoms with Crippen molar-refractivity contribution in [3.63, 3.8) is 0 Å². The summed E-state index contributed by atoms with van der Waals surface area (Å²) in [4.78, 5) is 17.6. The van der Waals surface area contributed by atoms with Gasteiger partial charge >= 0.3 is 0 Å². The Hall–Kier alpha value is -2.99. The lowest BCUT2D eigenvalue weighted by Crippen LogP contribution is -2.27. The van der Waals surface area contributed by atoms with Gasteiger partial charge in [-0.15, -0.1) is 0 Å². The fourth-order valence-electron chi connectivity index (χ4n) is 3.46. The van der Waals surface area contributed by atoms with Gasteiger partial charge in [-0.3, -0.25) is 9.78 Å². The molecule has 2 aromatic carbocycles. The van der Waals surface area contributed by atoms with Crippen molar-refractivity contribution < 1.29 is 13.2 Å². The van der Waals surface area contributed by atoms with Gasteiger partial charge in [-0.2, -0.15) is 0 Å². The van der Waals surface area contributed by atoms with E-state index in [1.165, 1.54) is 6.07 Å². The van der Waals surface area contributed by atoms with Gasteiger partial charge < -0.3 is 5.32 Å². The summed E-state index contributed by atoms with van der Waals surface area (Å²) in [6.07, 6.45) is 1.74. The lowest BCUT2D eigenvalue weighted by molar-refractivity contribution is 0.0939. The van der Waals surface area contributed by atoms with Crippen molar-refractivity contribution in [2.24, 2.45) is 5.92 Å². The van der Waals surface area contributed by atoms with Crippen LogP contribution in [0.3, 0.4) is 0 Å². The third-order valence-corrected chi connectivity index (χ3v) is 7.31. The van der Waals surface area contributed by atoms with Crippen LogP contribution in [0.25, 0.3) is 11.1 Å². The summed E-state index contributed by atoms with van der Waals surface area (Å²) in [7, 11) is -3.53. The molecule has 3 aromatic rings. The van der Waals surface area contributed by atoms with Crippen LogP contribution >= 0.6 is 0 Å². The molecular formula is C26H30N2O3S. The third kappa shape index (κ3) is 5.82.